The van der Waals surface area contributed by atoms with Gasteiger partial charge in [0.1, 0.15) is 11.5 Å². The second-order valence-corrected chi connectivity index (χ2v) is 11.9. The lowest BCUT2D eigenvalue weighted by Crippen LogP contribution is -2.41. The van der Waals surface area contributed by atoms with Crippen molar-refractivity contribution in [2.75, 3.05) is 6.61 Å². The van der Waals surface area contributed by atoms with E-state index in [0.717, 1.165) is 18.1 Å². The van der Waals surface area contributed by atoms with E-state index in [9.17, 15) is 0 Å². The molecule has 0 saturated heterocycles. The second kappa shape index (κ2) is 7.29. The van der Waals surface area contributed by atoms with Gasteiger partial charge in [-0.3, -0.25) is 0 Å². The molecule has 0 saturated carbocycles. The van der Waals surface area contributed by atoms with Crippen LogP contribution in [-0.4, -0.2) is 14.9 Å². The average Bonchev–Trinajstić information content (AvgIpc) is 2.80. The maximum Gasteiger partial charge on any atom is 0.251 e. The van der Waals surface area contributed by atoms with Gasteiger partial charge in [0.15, 0.2) is 0 Å². The summed E-state index contributed by atoms with van der Waals surface area (Å²) < 4.78 is 12.9. The molecular formula is C20H34O2Si. The number of fused-ring (bicyclic) bond motifs is 1. The number of hydrogen-bond acceptors (Lipinski definition) is 2. The van der Waals surface area contributed by atoms with Crippen molar-refractivity contribution in [1.29, 1.82) is 0 Å². The zero-order valence-corrected chi connectivity index (χ0v) is 16.9. The Bertz CT molecular complexity index is 520. The third-order valence-electron chi connectivity index (χ3n) is 5.01. The van der Waals surface area contributed by atoms with Crippen molar-refractivity contribution in [3.05, 3.63) is 23.3 Å². The standard InChI is InChI=1S/C20H34O2Si/c1-7-12-23(13-8-2,14-9-3)22-17-11-10-16(4)19-18(17)20(5,6)15-21-19/h10-11H,7-9,12-15H2,1-6H3. The Balaban J connectivity index is 2.43. The molecule has 1 aromatic carbocycles. The summed E-state index contributed by atoms with van der Waals surface area (Å²) in [7, 11) is -1.71. The van der Waals surface area contributed by atoms with Crippen molar-refractivity contribution < 1.29 is 9.16 Å². The molecule has 23 heavy (non-hydrogen) atoms. The van der Waals surface area contributed by atoms with E-state index < -0.39 is 8.32 Å². The highest BCUT2D eigenvalue weighted by Crippen LogP contribution is 2.47. The van der Waals surface area contributed by atoms with Gasteiger partial charge in [0, 0.05) is 11.0 Å². The molecule has 2 rings (SSSR count). The summed E-state index contributed by atoms with van der Waals surface area (Å²) in [6.45, 7) is 14.3. The van der Waals surface area contributed by atoms with Gasteiger partial charge >= 0.3 is 0 Å². The second-order valence-electron chi connectivity index (χ2n) is 7.79. The molecule has 0 bridgehead atoms. The molecule has 0 atom stereocenters. The van der Waals surface area contributed by atoms with Crippen LogP contribution in [0.3, 0.4) is 0 Å². The van der Waals surface area contributed by atoms with Crippen LogP contribution in [0.1, 0.15) is 65.0 Å². The Kier molecular flexibility index (Phi) is 5.82. The van der Waals surface area contributed by atoms with Crippen molar-refractivity contribution in [3.63, 3.8) is 0 Å². The fourth-order valence-corrected chi connectivity index (χ4v) is 8.46. The van der Waals surface area contributed by atoms with Gasteiger partial charge in [-0.2, -0.15) is 0 Å². The van der Waals surface area contributed by atoms with E-state index in [2.05, 4.69) is 53.7 Å². The molecule has 0 aromatic heterocycles. The summed E-state index contributed by atoms with van der Waals surface area (Å²) in [5, 5.41) is 0. The minimum atomic E-state index is -1.71. The van der Waals surface area contributed by atoms with Crippen LogP contribution in [0, 0.1) is 6.92 Å². The third kappa shape index (κ3) is 3.76. The van der Waals surface area contributed by atoms with Crippen LogP contribution in [0.25, 0.3) is 0 Å². The molecule has 1 aliphatic heterocycles. The lowest BCUT2D eigenvalue weighted by Gasteiger charge is -2.34. The first-order chi connectivity index (χ1) is 10.9. The molecule has 0 radical (unpaired) electrons. The molecule has 0 unspecified atom stereocenters. The smallest absolute Gasteiger partial charge is 0.251 e. The summed E-state index contributed by atoms with van der Waals surface area (Å²) in [5.41, 5.74) is 2.57. The molecular weight excluding hydrogens is 300 g/mol. The molecule has 130 valence electrons. The summed E-state index contributed by atoms with van der Waals surface area (Å²) in [6, 6.07) is 8.15. The number of benzene rings is 1. The van der Waals surface area contributed by atoms with E-state index in [1.54, 1.807) is 0 Å². The van der Waals surface area contributed by atoms with Crippen molar-refractivity contribution in [1.82, 2.24) is 0 Å². The quantitative estimate of drug-likeness (QED) is 0.525. The van der Waals surface area contributed by atoms with Crippen LogP contribution in [0.4, 0.5) is 0 Å². The first kappa shape index (κ1) is 18.4. The topological polar surface area (TPSA) is 18.5 Å². The minimum absolute atomic E-state index is 0.0431. The Morgan fingerprint density at radius 2 is 1.61 bits per heavy atom. The molecule has 0 N–H and O–H groups in total. The molecule has 1 aromatic rings. The Morgan fingerprint density at radius 1 is 1.04 bits per heavy atom. The highest BCUT2D eigenvalue weighted by molar-refractivity contribution is 6.74. The predicted molar refractivity (Wildman–Crippen MR) is 101 cm³/mol. The van der Waals surface area contributed by atoms with E-state index in [0.29, 0.717) is 0 Å². The lowest BCUT2D eigenvalue weighted by atomic mass is 9.85. The summed E-state index contributed by atoms with van der Waals surface area (Å²) in [6.07, 6.45) is 3.67. The number of hydrogen-bond donors (Lipinski definition) is 0. The van der Waals surface area contributed by atoms with E-state index in [4.69, 9.17) is 9.16 Å². The van der Waals surface area contributed by atoms with Crippen molar-refractivity contribution >= 4 is 8.32 Å². The van der Waals surface area contributed by atoms with Crippen LogP contribution in [0.15, 0.2) is 12.1 Å². The Hall–Kier alpha value is -0.963. The monoisotopic (exact) mass is 334 g/mol. The molecule has 0 amide bonds. The van der Waals surface area contributed by atoms with Crippen LogP contribution in [0.5, 0.6) is 11.5 Å². The van der Waals surface area contributed by atoms with Crippen molar-refractivity contribution in [3.8, 4) is 11.5 Å². The van der Waals surface area contributed by atoms with Crippen molar-refractivity contribution in [2.45, 2.75) is 84.4 Å². The first-order valence-electron chi connectivity index (χ1n) is 9.35. The molecule has 0 spiro atoms. The molecule has 0 aliphatic carbocycles. The first-order valence-corrected chi connectivity index (χ1v) is 11.9. The minimum Gasteiger partial charge on any atom is -0.543 e. The predicted octanol–water partition coefficient (Wildman–Crippen LogP) is 6.22. The molecule has 1 aliphatic rings. The fraction of sp³-hybridized carbons (Fsp3) is 0.700. The van der Waals surface area contributed by atoms with Gasteiger partial charge in [-0.15, -0.1) is 0 Å². The van der Waals surface area contributed by atoms with E-state index in [-0.39, 0.29) is 5.41 Å². The van der Waals surface area contributed by atoms with Gasteiger partial charge in [-0.05, 0) is 36.7 Å². The van der Waals surface area contributed by atoms with Gasteiger partial charge in [0.05, 0.1) is 6.61 Å². The van der Waals surface area contributed by atoms with Gasteiger partial charge in [0.2, 0.25) is 0 Å². The van der Waals surface area contributed by atoms with E-state index in [1.807, 2.05) is 0 Å². The SMILES string of the molecule is CCC[Si](CCC)(CCC)Oc1ccc(C)c2c1C(C)(C)CO2. The molecule has 2 nitrogen and oxygen atoms in total. The van der Waals surface area contributed by atoms with E-state index in [1.165, 1.54) is 48.5 Å². The highest BCUT2D eigenvalue weighted by atomic mass is 28.4. The Labute approximate surface area is 143 Å². The van der Waals surface area contributed by atoms with Crippen LogP contribution in [0.2, 0.25) is 18.1 Å². The van der Waals surface area contributed by atoms with Gasteiger partial charge in [-0.25, -0.2) is 0 Å². The normalized spacial score (nSPS) is 16.1. The number of aryl methyl sites for hydroxylation is 1. The van der Waals surface area contributed by atoms with Crippen LogP contribution in [-0.2, 0) is 5.41 Å². The van der Waals surface area contributed by atoms with Crippen LogP contribution < -0.4 is 9.16 Å². The molecule has 3 heteroatoms. The summed E-state index contributed by atoms with van der Waals surface area (Å²) in [4.78, 5) is 0. The average molecular weight is 335 g/mol. The summed E-state index contributed by atoms with van der Waals surface area (Å²) >= 11 is 0. The molecule has 0 fully saturated rings. The van der Waals surface area contributed by atoms with Gasteiger partial charge < -0.3 is 9.16 Å². The zero-order valence-electron chi connectivity index (χ0n) is 15.9. The largest absolute Gasteiger partial charge is 0.543 e. The van der Waals surface area contributed by atoms with E-state index >= 15 is 0 Å². The highest BCUT2D eigenvalue weighted by Gasteiger charge is 2.40. The maximum atomic E-state index is 6.92. The third-order valence-corrected chi connectivity index (χ3v) is 9.90. The van der Waals surface area contributed by atoms with Crippen molar-refractivity contribution in [2.24, 2.45) is 0 Å². The van der Waals surface area contributed by atoms with Gasteiger partial charge in [0.25, 0.3) is 8.32 Å². The number of rotatable bonds is 8. The Morgan fingerprint density at radius 3 is 2.13 bits per heavy atom. The number of ether oxygens (including phenoxy) is 1. The van der Waals surface area contributed by atoms with Gasteiger partial charge in [-0.1, -0.05) is 59.9 Å². The zero-order chi connectivity index (χ0) is 17.1. The maximum absolute atomic E-state index is 6.92. The lowest BCUT2D eigenvalue weighted by molar-refractivity contribution is 0.289. The molecule has 1 heterocycles. The van der Waals surface area contributed by atoms with Crippen LogP contribution >= 0.6 is 0 Å². The summed E-state index contributed by atoms with van der Waals surface area (Å²) in [5.74, 6) is 2.18. The fourth-order valence-electron chi connectivity index (χ4n) is 4.03.